The van der Waals surface area contributed by atoms with Gasteiger partial charge < -0.3 is 5.73 Å². The van der Waals surface area contributed by atoms with Crippen LogP contribution in [0.2, 0.25) is 0 Å². The Balaban J connectivity index is 1.62. The highest BCUT2D eigenvalue weighted by atomic mass is 15.0. The van der Waals surface area contributed by atoms with Crippen LogP contribution >= 0.6 is 0 Å². The minimum Gasteiger partial charge on any atom is -0.387 e. The molecule has 2 heteroatoms. The van der Waals surface area contributed by atoms with Gasteiger partial charge in [-0.05, 0) is 76.0 Å². The van der Waals surface area contributed by atoms with E-state index in [-0.39, 0.29) is 0 Å². The summed E-state index contributed by atoms with van der Waals surface area (Å²) < 4.78 is 0. The Labute approximate surface area is 104 Å². The minimum absolute atomic E-state index is 0.296. The van der Waals surface area contributed by atoms with E-state index in [4.69, 9.17) is 10.7 Å². The van der Waals surface area contributed by atoms with Gasteiger partial charge in [-0.25, -0.2) is 0 Å². The molecule has 4 aliphatic rings. The monoisotopic (exact) mass is 232 g/mol. The predicted molar refractivity (Wildman–Crippen MR) is 69.9 cm³/mol. The summed E-state index contributed by atoms with van der Waals surface area (Å²) in [4.78, 5) is 5.11. The predicted octanol–water partition coefficient (Wildman–Crippen LogP) is 3.26. The molecule has 0 heterocycles. The van der Waals surface area contributed by atoms with Crippen molar-refractivity contribution in [1.82, 2.24) is 0 Å². The van der Waals surface area contributed by atoms with Gasteiger partial charge >= 0.3 is 0 Å². The quantitative estimate of drug-likeness (QED) is 0.576. The van der Waals surface area contributed by atoms with E-state index in [0.29, 0.717) is 11.0 Å². The highest BCUT2D eigenvalue weighted by Gasteiger charge is 2.50. The Hall–Kier alpha value is -0.530. The van der Waals surface area contributed by atoms with E-state index in [1.807, 2.05) is 0 Å². The van der Waals surface area contributed by atoms with Crippen molar-refractivity contribution in [3.05, 3.63) is 0 Å². The number of hydrogen-bond donors (Lipinski definition) is 1. The van der Waals surface area contributed by atoms with Gasteiger partial charge in [0, 0.05) is 5.41 Å². The Morgan fingerprint density at radius 1 is 0.882 bits per heavy atom. The molecule has 17 heavy (non-hydrogen) atoms. The van der Waals surface area contributed by atoms with Gasteiger partial charge in [0.15, 0.2) is 0 Å². The molecule has 4 fully saturated rings. The number of amidine groups is 1. The number of nitrogens with zero attached hydrogens (tertiary/aromatic N) is 1. The number of fused-ring (bicyclic) bond motifs is 4. The molecule has 4 aliphatic carbocycles. The highest BCUT2D eigenvalue weighted by Crippen LogP contribution is 2.56. The van der Waals surface area contributed by atoms with E-state index >= 15 is 0 Å². The lowest BCUT2D eigenvalue weighted by Gasteiger charge is -2.30. The smallest absolute Gasteiger partial charge is 0.101 e. The first-order chi connectivity index (χ1) is 8.20. The first-order valence-electron chi connectivity index (χ1n) is 7.56. The van der Waals surface area contributed by atoms with Crippen molar-refractivity contribution < 1.29 is 0 Å². The molecule has 4 bridgehead atoms. The summed E-state index contributed by atoms with van der Waals surface area (Å²) in [5.41, 5.74) is 7.10. The Morgan fingerprint density at radius 2 is 1.47 bits per heavy atom. The summed E-state index contributed by atoms with van der Waals surface area (Å²) in [5, 5.41) is 0. The van der Waals surface area contributed by atoms with E-state index in [1.165, 1.54) is 64.2 Å². The number of aliphatic imine (C=N–C) groups is 1. The summed E-state index contributed by atoms with van der Waals surface area (Å²) >= 11 is 0. The fourth-order valence-electron chi connectivity index (χ4n) is 5.24. The zero-order valence-electron chi connectivity index (χ0n) is 10.8. The SMILES string of the molecule is NC(=NC12CCC(CC1)C2)C12CCC(CC1)C2. The average molecular weight is 232 g/mol. The number of nitrogens with two attached hydrogens (primary N) is 1. The van der Waals surface area contributed by atoms with Crippen LogP contribution in [0.5, 0.6) is 0 Å². The molecular weight excluding hydrogens is 208 g/mol. The van der Waals surface area contributed by atoms with Crippen molar-refractivity contribution in [1.29, 1.82) is 0 Å². The van der Waals surface area contributed by atoms with Gasteiger partial charge in [0.1, 0.15) is 5.84 Å². The second-order valence-electron chi connectivity index (χ2n) is 7.30. The Morgan fingerprint density at radius 3 is 1.94 bits per heavy atom. The fraction of sp³-hybridized carbons (Fsp3) is 0.933. The van der Waals surface area contributed by atoms with E-state index in [2.05, 4.69) is 0 Å². The maximum Gasteiger partial charge on any atom is 0.101 e. The fourth-order valence-corrected chi connectivity index (χ4v) is 5.24. The lowest BCUT2D eigenvalue weighted by atomic mass is 9.82. The van der Waals surface area contributed by atoms with Crippen molar-refractivity contribution in [2.75, 3.05) is 0 Å². The van der Waals surface area contributed by atoms with Crippen LogP contribution in [0.25, 0.3) is 0 Å². The summed E-state index contributed by atoms with van der Waals surface area (Å²) in [6.07, 6.45) is 13.6. The molecule has 0 atom stereocenters. The van der Waals surface area contributed by atoms with Gasteiger partial charge in [-0.2, -0.15) is 0 Å². The molecule has 0 aromatic heterocycles. The van der Waals surface area contributed by atoms with Crippen molar-refractivity contribution in [3.63, 3.8) is 0 Å². The average Bonchev–Trinajstić information content (AvgIpc) is 3.09. The lowest BCUT2D eigenvalue weighted by molar-refractivity contribution is 0.386. The summed E-state index contributed by atoms with van der Waals surface area (Å²) in [5.74, 6) is 3.00. The van der Waals surface area contributed by atoms with Crippen molar-refractivity contribution in [3.8, 4) is 0 Å². The van der Waals surface area contributed by atoms with E-state index < -0.39 is 0 Å². The molecule has 0 aliphatic heterocycles. The molecule has 4 saturated carbocycles. The van der Waals surface area contributed by atoms with Gasteiger partial charge in [0.05, 0.1) is 5.54 Å². The van der Waals surface area contributed by atoms with Crippen LogP contribution in [0, 0.1) is 17.3 Å². The van der Waals surface area contributed by atoms with Gasteiger partial charge in [-0.3, -0.25) is 4.99 Å². The van der Waals surface area contributed by atoms with Gasteiger partial charge in [-0.1, -0.05) is 0 Å². The van der Waals surface area contributed by atoms with E-state index in [9.17, 15) is 0 Å². The molecule has 0 radical (unpaired) electrons. The zero-order valence-corrected chi connectivity index (χ0v) is 10.8. The van der Waals surface area contributed by atoms with Crippen molar-refractivity contribution in [2.45, 2.75) is 69.7 Å². The van der Waals surface area contributed by atoms with Crippen LogP contribution in [-0.4, -0.2) is 11.4 Å². The molecular formula is C15H24N2. The van der Waals surface area contributed by atoms with Crippen LogP contribution < -0.4 is 5.73 Å². The third-order valence-electron chi connectivity index (χ3n) is 6.35. The molecule has 2 N–H and O–H groups in total. The molecule has 0 aromatic rings. The van der Waals surface area contributed by atoms with Gasteiger partial charge in [-0.15, -0.1) is 0 Å². The van der Waals surface area contributed by atoms with E-state index in [1.54, 1.807) is 0 Å². The first-order valence-corrected chi connectivity index (χ1v) is 7.56. The summed E-state index contributed by atoms with van der Waals surface area (Å²) in [6.45, 7) is 0. The van der Waals surface area contributed by atoms with Crippen LogP contribution in [-0.2, 0) is 0 Å². The molecule has 0 spiro atoms. The third-order valence-corrected chi connectivity index (χ3v) is 6.35. The second-order valence-corrected chi connectivity index (χ2v) is 7.30. The topological polar surface area (TPSA) is 38.4 Å². The number of hydrogen-bond acceptors (Lipinski definition) is 1. The van der Waals surface area contributed by atoms with Gasteiger partial charge in [0.25, 0.3) is 0 Å². The van der Waals surface area contributed by atoms with Crippen molar-refractivity contribution >= 4 is 5.84 Å². The molecule has 0 saturated heterocycles. The van der Waals surface area contributed by atoms with Crippen LogP contribution in [0.1, 0.15) is 64.2 Å². The molecule has 94 valence electrons. The molecule has 2 nitrogen and oxygen atoms in total. The molecule has 0 unspecified atom stereocenters. The van der Waals surface area contributed by atoms with Crippen LogP contribution in [0.15, 0.2) is 4.99 Å². The molecule has 4 rings (SSSR count). The Kier molecular flexibility index (Phi) is 2.00. The molecule has 0 amide bonds. The van der Waals surface area contributed by atoms with Crippen LogP contribution in [0.4, 0.5) is 0 Å². The maximum absolute atomic E-state index is 6.46. The largest absolute Gasteiger partial charge is 0.387 e. The van der Waals surface area contributed by atoms with Gasteiger partial charge in [0.2, 0.25) is 0 Å². The second kappa shape index (κ2) is 3.27. The highest BCUT2D eigenvalue weighted by molar-refractivity contribution is 5.87. The zero-order chi connectivity index (χ0) is 11.5. The Bertz CT molecular complexity index is 355. The standard InChI is InChI=1S/C15H24N2/c16-13(14-5-1-11(9-14)2-6-14)17-15-7-3-12(10-15)4-8-15/h11-12H,1-10H2,(H2,16,17). The van der Waals surface area contributed by atoms with E-state index in [0.717, 1.165) is 17.7 Å². The summed E-state index contributed by atoms with van der Waals surface area (Å²) in [6, 6.07) is 0. The van der Waals surface area contributed by atoms with Crippen molar-refractivity contribution in [2.24, 2.45) is 28.0 Å². The lowest BCUT2D eigenvalue weighted by Crippen LogP contribution is -2.37. The third kappa shape index (κ3) is 1.42. The summed E-state index contributed by atoms with van der Waals surface area (Å²) in [7, 11) is 0. The maximum atomic E-state index is 6.46. The van der Waals surface area contributed by atoms with Crippen LogP contribution in [0.3, 0.4) is 0 Å². The number of rotatable bonds is 2. The normalized spacial score (nSPS) is 52.6. The minimum atomic E-state index is 0.296. The first kappa shape index (κ1) is 10.4. The molecule has 0 aromatic carbocycles.